The van der Waals surface area contributed by atoms with Crippen molar-refractivity contribution in [3.63, 3.8) is 0 Å². The summed E-state index contributed by atoms with van der Waals surface area (Å²) in [6, 6.07) is 1.21. The van der Waals surface area contributed by atoms with Crippen molar-refractivity contribution in [2.45, 2.75) is 17.1 Å². The third-order valence-corrected chi connectivity index (χ3v) is 5.35. The average molecular weight is 316 g/mol. The summed E-state index contributed by atoms with van der Waals surface area (Å²) in [5.74, 6) is -1.30. The van der Waals surface area contributed by atoms with Crippen LogP contribution in [-0.4, -0.2) is 24.5 Å². The zero-order chi connectivity index (χ0) is 14.1. The molecule has 18 heavy (non-hydrogen) atoms. The number of alkyl halides is 1. The fraction of sp³-hybridized carbons (Fsp3) is 0.333. The van der Waals surface area contributed by atoms with Crippen molar-refractivity contribution in [2.24, 2.45) is 0 Å². The first-order valence-corrected chi connectivity index (χ1v) is 7.11. The number of hydrogen-bond acceptors (Lipinski definition) is 4. The van der Waals surface area contributed by atoms with Crippen LogP contribution in [0.2, 0.25) is 5.02 Å². The first kappa shape index (κ1) is 15.1. The first-order chi connectivity index (χ1) is 8.21. The molecule has 0 heterocycles. The highest BCUT2D eigenvalue weighted by Crippen LogP contribution is 2.32. The molecular weight excluding hydrogens is 308 g/mol. The van der Waals surface area contributed by atoms with Crippen LogP contribution in [0.4, 0.5) is 10.1 Å². The molecule has 0 amide bonds. The Kier molecular flexibility index (Phi) is 4.52. The minimum atomic E-state index is -4.03. The monoisotopic (exact) mass is 315 g/mol. The zero-order valence-electron chi connectivity index (χ0n) is 9.06. The Hall–Kier alpha value is -0.920. The standard InChI is InChI=1S/C9H8Cl2FNO4S/c1-5(4-10)18(16,17)9-2-6(11)7(12)3-8(9)13(14)15/h2-3,5H,4H2,1H3. The molecule has 0 bridgehead atoms. The Morgan fingerprint density at radius 1 is 1.50 bits per heavy atom. The number of rotatable bonds is 4. The van der Waals surface area contributed by atoms with Crippen molar-refractivity contribution >= 4 is 38.7 Å². The summed E-state index contributed by atoms with van der Waals surface area (Å²) < 4.78 is 37.1. The molecule has 1 aromatic carbocycles. The summed E-state index contributed by atoms with van der Waals surface area (Å²) in [4.78, 5) is 9.13. The molecule has 1 unspecified atom stereocenters. The summed E-state index contributed by atoms with van der Waals surface area (Å²) in [6.07, 6.45) is 0. The van der Waals surface area contributed by atoms with Gasteiger partial charge in [-0.2, -0.15) is 0 Å². The van der Waals surface area contributed by atoms with E-state index in [1.807, 2.05) is 0 Å². The van der Waals surface area contributed by atoms with Crippen molar-refractivity contribution in [3.8, 4) is 0 Å². The van der Waals surface area contributed by atoms with Crippen LogP contribution in [0.15, 0.2) is 17.0 Å². The Balaban J connectivity index is 3.59. The molecule has 0 spiro atoms. The van der Waals surface area contributed by atoms with E-state index in [0.717, 1.165) is 6.07 Å². The maximum atomic E-state index is 13.1. The molecule has 9 heteroatoms. The maximum Gasteiger partial charge on any atom is 0.291 e. The number of halogens is 3. The van der Waals surface area contributed by atoms with Crippen LogP contribution < -0.4 is 0 Å². The largest absolute Gasteiger partial charge is 0.291 e. The van der Waals surface area contributed by atoms with Gasteiger partial charge in [0.2, 0.25) is 0 Å². The number of nitro benzene ring substituents is 1. The topological polar surface area (TPSA) is 77.3 Å². The van der Waals surface area contributed by atoms with Gasteiger partial charge in [-0.3, -0.25) is 10.1 Å². The highest BCUT2D eigenvalue weighted by atomic mass is 35.5. The third-order valence-electron chi connectivity index (χ3n) is 2.25. The lowest BCUT2D eigenvalue weighted by atomic mass is 10.3. The maximum absolute atomic E-state index is 13.1. The van der Waals surface area contributed by atoms with Crippen molar-refractivity contribution in [3.05, 3.63) is 33.1 Å². The Morgan fingerprint density at radius 3 is 2.50 bits per heavy atom. The van der Waals surface area contributed by atoms with Gasteiger partial charge in [-0.25, -0.2) is 12.8 Å². The van der Waals surface area contributed by atoms with E-state index in [1.165, 1.54) is 6.92 Å². The molecule has 1 atom stereocenters. The van der Waals surface area contributed by atoms with Crippen LogP contribution in [0, 0.1) is 15.9 Å². The van der Waals surface area contributed by atoms with Crippen LogP contribution in [0.1, 0.15) is 6.92 Å². The minimum absolute atomic E-state index is 0.242. The first-order valence-electron chi connectivity index (χ1n) is 4.65. The molecule has 0 aliphatic heterocycles. The number of nitro groups is 1. The highest BCUT2D eigenvalue weighted by molar-refractivity contribution is 7.92. The van der Waals surface area contributed by atoms with Crippen molar-refractivity contribution in [1.82, 2.24) is 0 Å². The SMILES string of the molecule is CC(CCl)S(=O)(=O)c1cc(Cl)c(F)cc1[N+](=O)[O-]. The van der Waals surface area contributed by atoms with Gasteiger partial charge in [0.25, 0.3) is 5.69 Å². The molecule has 0 saturated heterocycles. The van der Waals surface area contributed by atoms with Gasteiger partial charge in [-0.15, -0.1) is 11.6 Å². The minimum Gasteiger partial charge on any atom is -0.258 e. The molecule has 0 N–H and O–H groups in total. The van der Waals surface area contributed by atoms with Crippen LogP contribution in [-0.2, 0) is 9.84 Å². The van der Waals surface area contributed by atoms with E-state index in [0.29, 0.717) is 6.07 Å². The van der Waals surface area contributed by atoms with E-state index < -0.39 is 41.4 Å². The summed E-state index contributed by atoms with van der Waals surface area (Å²) in [7, 11) is -4.03. The lowest BCUT2D eigenvalue weighted by Gasteiger charge is -2.10. The summed E-state index contributed by atoms with van der Waals surface area (Å²) >= 11 is 10.9. The molecule has 0 aromatic heterocycles. The van der Waals surface area contributed by atoms with Crippen molar-refractivity contribution < 1.29 is 17.7 Å². The smallest absolute Gasteiger partial charge is 0.258 e. The third kappa shape index (κ3) is 2.73. The fourth-order valence-electron chi connectivity index (χ4n) is 1.19. The second kappa shape index (κ2) is 5.38. The molecule has 5 nitrogen and oxygen atoms in total. The van der Waals surface area contributed by atoms with Gasteiger partial charge in [0.05, 0.1) is 21.3 Å². The van der Waals surface area contributed by atoms with E-state index in [-0.39, 0.29) is 5.88 Å². The predicted molar refractivity (Wildman–Crippen MR) is 65.4 cm³/mol. The predicted octanol–water partition coefficient (Wildman–Crippen LogP) is 2.79. The summed E-state index contributed by atoms with van der Waals surface area (Å²) in [5, 5.41) is 9.20. The van der Waals surface area contributed by atoms with E-state index in [9.17, 15) is 22.9 Å². The number of sulfone groups is 1. The van der Waals surface area contributed by atoms with Gasteiger partial charge in [0, 0.05) is 5.88 Å². The van der Waals surface area contributed by atoms with Gasteiger partial charge in [-0.1, -0.05) is 11.6 Å². The van der Waals surface area contributed by atoms with Crippen LogP contribution in [0.3, 0.4) is 0 Å². The van der Waals surface area contributed by atoms with Crippen LogP contribution >= 0.6 is 23.2 Å². The quantitative estimate of drug-likeness (QED) is 0.370. The second-order valence-electron chi connectivity index (χ2n) is 3.50. The normalized spacial score (nSPS) is 13.3. The number of hydrogen-bond donors (Lipinski definition) is 0. The molecule has 1 aromatic rings. The molecule has 0 saturated carbocycles. The average Bonchev–Trinajstić information content (AvgIpc) is 2.30. The molecule has 0 aliphatic rings. The van der Waals surface area contributed by atoms with Gasteiger partial charge in [0.1, 0.15) is 10.7 Å². The molecule has 0 aliphatic carbocycles. The Bertz CT molecular complexity index is 590. The molecule has 0 fully saturated rings. The van der Waals surface area contributed by atoms with Crippen molar-refractivity contribution in [2.75, 3.05) is 5.88 Å². The number of benzene rings is 1. The number of nitrogens with zero attached hydrogens (tertiary/aromatic N) is 1. The second-order valence-corrected chi connectivity index (χ2v) is 6.55. The highest BCUT2D eigenvalue weighted by Gasteiger charge is 2.32. The zero-order valence-corrected chi connectivity index (χ0v) is 11.4. The van der Waals surface area contributed by atoms with Gasteiger partial charge >= 0.3 is 0 Å². The van der Waals surface area contributed by atoms with Gasteiger partial charge < -0.3 is 0 Å². The molecule has 100 valence electrons. The summed E-state index contributed by atoms with van der Waals surface area (Å²) in [5.41, 5.74) is -0.853. The fourth-order valence-corrected chi connectivity index (χ4v) is 3.22. The van der Waals surface area contributed by atoms with E-state index in [4.69, 9.17) is 23.2 Å². The van der Waals surface area contributed by atoms with Crippen LogP contribution in [0.25, 0.3) is 0 Å². The molecular formula is C9H8Cl2FNO4S. The lowest BCUT2D eigenvalue weighted by Crippen LogP contribution is -2.20. The van der Waals surface area contributed by atoms with Gasteiger partial charge in [0.15, 0.2) is 9.84 Å². The van der Waals surface area contributed by atoms with E-state index in [2.05, 4.69) is 0 Å². The van der Waals surface area contributed by atoms with Crippen LogP contribution in [0.5, 0.6) is 0 Å². The molecule has 0 radical (unpaired) electrons. The van der Waals surface area contributed by atoms with E-state index in [1.54, 1.807) is 0 Å². The Morgan fingerprint density at radius 2 is 2.06 bits per heavy atom. The Labute approximate surface area is 113 Å². The summed E-state index contributed by atoms with van der Waals surface area (Å²) in [6.45, 7) is 1.29. The molecule has 1 rings (SSSR count). The van der Waals surface area contributed by atoms with E-state index >= 15 is 0 Å². The lowest BCUT2D eigenvalue weighted by molar-refractivity contribution is -0.388. The van der Waals surface area contributed by atoms with Crippen molar-refractivity contribution in [1.29, 1.82) is 0 Å². The van der Waals surface area contributed by atoms with Gasteiger partial charge in [-0.05, 0) is 13.0 Å².